The summed E-state index contributed by atoms with van der Waals surface area (Å²) < 4.78 is 15.5. The van der Waals surface area contributed by atoms with Gasteiger partial charge in [-0.15, -0.1) is 10.2 Å². The minimum Gasteiger partial charge on any atom is -0.507 e. The van der Waals surface area contributed by atoms with Crippen LogP contribution in [0, 0.1) is 29.5 Å². The largest absolute Gasteiger partial charge is 0.507 e. The van der Waals surface area contributed by atoms with Crippen LogP contribution in [-0.4, -0.2) is 131 Å². The third kappa shape index (κ3) is 5.98. The predicted octanol–water partition coefficient (Wildman–Crippen LogP) is 2.40. The molecule has 14 nitrogen and oxygen atoms in total. The van der Waals surface area contributed by atoms with E-state index in [1.807, 2.05) is 23.1 Å². The minimum atomic E-state index is -1.08. The molecule has 4 amide bonds. The smallest absolute Gasteiger partial charge is 0.262 e. The van der Waals surface area contributed by atoms with Crippen LogP contribution in [0.3, 0.4) is 0 Å². The number of nitrogens with zero attached hydrogens (tertiary/aromatic N) is 7. The van der Waals surface area contributed by atoms with Crippen molar-refractivity contribution in [3.8, 4) is 17.0 Å². The van der Waals surface area contributed by atoms with Gasteiger partial charge in [0.2, 0.25) is 11.8 Å². The van der Waals surface area contributed by atoms with Crippen LogP contribution in [-0.2, 0) is 9.59 Å². The van der Waals surface area contributed by atoms with Gasteiger partial charge >= 0.3 is 0 Å². The van der Waals surface area contributed by atoms with Gasteiger partial charge in [0, 0.05) is 77.4 Å². The number of piperidine rings is 3. The maximum atomic E-state index is 15.5. The quantitative estimate of drug-likeness (QED) is 0.304. The molecular weight excluding hydrogens is 705 g/mol. The van der Waals surface area contributed by atoms with Gasteiger partial charge in [-0.25, -0.2) is 4.39 Å². The molecule has 5 atom stereocenters. The van der Waals surface area contributed by atoms with E-state index in [4.69, 9.17) is 0 Å². The molecule has 7 heterocycles. The molecule has 55 heavy (non-hydrogen) atoms. The van der Waals surface area contributed by atoms with Crippen LogP contribution >= 0.6 is 0 Å². The number of likely N-dealkylation sites (tertiary alicyclic amines) is 1. The first-order valence-corrected chi connectivity index (χ1v) is 19.6. The number of nitrogens with one attached hydrogen (secondary N) is 2. The van der Waals surface area contributed by atoms with Gasteiger partial charge < -0.3 is 25.1 Å². The number of halogens is 1. The average Bonchev–Trinajstić information content (AvgIpc) is 3.50. The molecule has 1 aromatic heterocycles. The highest BCUT2D eigenvalue weighted by molar-refractivity contribution is 6.23. The van der Waals surface area contributed by atoms with Crippen molar-refractivity contribution < 1.29 is 28.7 Å². The molecular formula is C40H44FN9O5. The number of aromatic nitrogens is 2. The molecule has 1 saturated carbocycles. The Kier molecular flexibility index (Phi) is 8.28. The lowest BCUT2D eigenvalue weighted by molar-refractivity contribution is -0.136. The van der Waals surface area contributed by atoms with Gasteiger partial charge in [0.15, 0.2) is 5.82 Å². The number of hydrogen-bond donors (Lipinski definition) is 3. The Bertz CT molecular complexity index is 2100. The Hall–Kier alpha value is -5.15. The number of anilines is 3. The van der Waals surface area contributed by atoms with Gasteiger partial charge in [-0.3, -0.25) is 34.3 Å². The minimum absolute atomic E-state index is 0.0342. The third-order valence-corrected chi connectivity index (χ3v) is 13.2. The number of benzene rings is 2. The van der Waals surface area contributed by atoms with Gasteiger partial charge in [-0.1, -0.05) is 12.1 Å². The Labute approximate surface area is 317 Å². The van der Waals surface area contributed by atoms with Crippen molar-refractivity contribution in [3.63, 3.8) is 0 Å². The number of carbonyl (C=O) groups is 4. The number of phenols is 1. The second-order valence-electron chi connectivity index (χ2n) is 16.4. The van der Waals surface area contributed by atoms with Gasteiger partial charge in [-0.05, 0) is 73.3 Å². The number of rotatable bonds is 7. The van der Waals surface area contributed by atoms with E-state index in [0.29, 0.717) is 42.0 Å². The lowest BCUT2D eigenvalue weighted by atomic mass is 9.95. The number of fused-ring (bicyclic) bond motifs is 5. The Morgan fingerprint density at radius 1 is 0.800 bits per heavy atom. The first kappa shape index (κ1) is 34.3. The molecule has 4 saturated heterocycles. The average molecular weight is 750 g/mol. The van der Waals surface area contributed by atoms with E-state index >= 15 is 4.39 Å². The molecule has 3 N–H and O–H groups in total. The van der Waals surface area contributed by atoms with Gasteiger partial charge in [0.05, 0.1) is 34.2 Å². The number of carbonyl (C=O) groups excluding carboxylic acids is 4. The molecule has 6 aliphatic heterocycles. The van der Waals surface area contributed by atoms with Crippen molar-refractivity contribution >= 4 is 40.8 Å². The number of para-hydroxylation sites is 1. The van der Waals surface area contributed by atoms with Crippen molar-refractivity contribution in [2.24, 2.45) is 23.7 Å². The Morgan fingerprint density at radius 2 is 1.56 bits per heavy atom. The molecule has 0 spiro atoms. The molecule has 7 aliphatic rings. The van der Waals surface area contributed by atoms with Crippen molar-refractivity contribution in [3.05, 3.63) is 59.4 Å². The standard InChI is InChI=1S/C40H44FN9O5/c41-30-13-25-26(40(55)50(39(25)54)32-5-6-36(52)43-38(32)53)14-33(30)48-9-7-22(8-10-48)17-47-20-28-27(29(28)21-47)19-46-11-12-49-23(18-46)16-42-37-34(49)15-31(44-45-37)24-3-1-2-4-35(24)51/h1-4,13-15,22-23,27-29,32,51H,5-12,16-21H2,(H,42,45)(H,43,52,53)/t23-,27?,28-,29+,32?/m0/s1. The number of phenolic OH excluding ortho intramolecular Hbond substituents is 1. The maximum absolute atomic E-state index is 15.5. The molecule has 3 aromatic rings. The van der Waals surface area contributed by atoms with Crippen LogP contribution in [0.5, 0.6) is 5.75 Å². The summed E-state index contributed by atoms with van der Waals surface area (Å²) in [4.78, 5) is 61.0. The SMILES string of the molecule is O=C1CCC(N2C(=O)c3cc(F)c(N4CCC(CN5C[C@@H]6C(CN7CCN8c9cc(-c%10ccccc%10O)nnc9NC[C@H]8C7)[C@@H]6C5)CC4)cc3C2=O)C(=O)N1. The van der Waals surface area contributed by atoms with Crippen molar-refractivity contribution in [1.29, 1.82) is 0 Å². The normalized spacial score (nSPS) is 28.1. The summed E-state index contributed by atoms with van der Waals surface area (Å²) in [5.74, 6) is 0.783. The van der Waals surface area contributed by atoms with Crippen LogP contribution < -0.4 is 20.4 Å². The molecule has 5 fully saturated rings. The zero-order chi connectivity index (χ0) is 37.5. The summed E-state index contributed by atoms with van der Waals surface area (Å²) in [6.07, 6.45) is 1.94. The van der Waals surface area contributed by atoms with Gasteiger partial charge in [-0.2, -0.15) is 0 Å². The first-order valence-electron chi connectivity index (χ1n) is 19.6. The molecule has 15 heteroatoms. The van der Waals surface area contributed by atoms with Crippen LogP contribution in [0.2, 0.25) is 0 Å². The Balaban J connectivity index is 0.698. The summed E-state index contributed by atoms with van der Waals surface area (Å²) in [5, 5.41) is 24.9. The molecule has 2 aromatic carbocycles. The zero-order valence-corrected chi connectivity index (χ0v) is 30.5. The topological polar surface area (TPSA) is 155 Å². The van der Waals surface area contributed by atoms with Crippen molar-refractivity contribution in [2.75, 3.05) is 80.6 Å². The fourth-order valence-electron chi connectivity index (χ4n) is 10.2. The number of aromatic hydroxyl groups is 1. The number of hydrogen-bond acceptors (Lipinski definition) is 12. The van der Waals surface area contributed by atoms with Crippen LogP contribution in [0.1, 0.15) is 46.4 Å². The second kappa shape index (κ2) is 13.3. The summed E-state index contributed by atoms with van der Waals surface area (Å²) in [5.41, 5.74) is 2.80. The zero-order valence-electron chi connectivity index (χ0n) is 30.5. The van der Waals surface area contributed by atoms with E-state index < -0.39 is 35.5 Å². The maximum Gasteiger partial charge on any atom is 0.262 e. The molecule has 0 radical (unpaired) electrons. The van der Waals surface area contributed by atoms with E-state index in [1.54, 1.807) is 12.1 Å². The highest BCUT2D eigenvalue weighted by Gasteiger charge is 2.56. The monoisotopic (exact) mass is 749 g/mol. The molecule has 10 rings (SSSR count). The molecule has 2 unspecified atom stereocenters. The lowest BCUT2D eigenvalue weighted by Crippen LogP contribution is -2.58. The summed E-state index contributed by atoms with van der Waals surface area (Å²) in [7, 11) is 0. The van der Waals surface area contributed by atoms with E-state index in [2.05, 4.69) is 35.5 Å². The molecule has 0 bridgehead atoms. The van der Waals surface area contributed by atoms with Crippen molar-refractivity contribution in [1.82, 2.24) is 30.2 Å². The van der Waals surface area contributed by atoms with E-state index in [-0.39, 0.29) is 29.7 Å². The van der Waals surface area contributed by atoms with Crippen LogP contribution in [0.4, 0.5) is 21.6 Å². The fraction of sp³-hybridized carbons (Fsp3) is 0.500. The van der Waals surface area contributed by atoms with E-state index in [1.165, 1.54) is 6.07 Å². The van der Waals surface area contributed by atoms with Crippen LogP contribution in [0.25, 0.3) is 11.3 Å². The highest BCUT2D eigenvalue weighted by Crippen LogP contribution is 2.52. The second-order valence-corrected chi connectivity index (χ2v) is 16.4. The number of imide groups is 2. The van der Waals surface area contributed by atoms with Crippen LogP contribution in [0.15, 0.2) is 42.5 Å². The van der Waals surface area contributed by atoms with Gasteiger partial charge in [0.1, 0.15) is 17.6 Å². The molecule has 1 aliphatic carbocycles. The van der Waals surface area contributed by atoms with Crippen molar-refractivity contribution in [2.45, 2.75) is 37.8 Å². The lowest BCUT2D eigenvalue weighted by Gasteiger charge is -2.46. The first-order chi connectivity index (χ1) is 26.7. The van der Waals surface area contributed by atoms with Gasteiger partial charge in [0.25, 0.3) is 11.8 Å². The Morgan fingerprint density at radius 3 is 2.33 bits per heavy atom. The molecule has 286 valence electrons. The highest BCUT2D eigenvalue weighted by atomic mass is 19.1. The summed E-state index contributed by atoms with van der Waals surface area (Å²) in [6, 6.07) is 11.2. The van der Waals surface area contributed by atoms with E-state index in [0.717, 1.165) is 105 Å². The third-order valence-electron chi connectivity index (χ3n) is 13.2. The summed E-state index contributed by atoms with van der Waals surface area (Å²) >= 11 is 0. The van der Waals surface area contributed by atoms with E-state index in [9.17, 15) is 24.3 Å². The predicted molar refractivity (Wildman–Crippen MR) is 200 cm³/mol. The summed E-state index contributed by atoms with van der Waals surface area (Å²) in [6.45, 7) is 9.58. The fourth-order valence-corrected chi connectivity index (χ4v) is 10.2. The number of amides is 4. The number of piperazine rings is 1.